The number of hydrogen-bond donors (Lipinski definition) is 0. The fourth-order valence-electron chi connectivity index (χ4n) is 2.18. The number of thiophene rings is 1. The Morgan fingerprint density at radius 2 is 1.85 bits per heavy atom. The van der Waals surface area contributed by atoms with Crippen molar-refractivity contribution in [2.75, 3.05) is 6.61 Å². The van der Waals surface area contributed by atoms with E-state index >= 15 is 0 Å². The minimum absolute atomic E-state index is 0.257. The van der Waals surface area contributed by atoms with Gasteiger partial charge in [0.2, 0.25) is 0 Å². The Bertz CT molecular complexity index is 744. The maximum Gasteiger partial charge on any atom is 0.182 e. The summed E-state index contributed by atoms with van der Waals surface area (Å²) in [7, 11) is 0. The molecular weight excluding hydrogens is 271 g/mol. The molecule has 0 unspecified atom stereocenters. The monoisotopic (exact) mass is 286 g/mol. The molecular formula is C17H15FOS. The van der Waals surface area contributed by atoms with Gasteiger partial charge in [-0.2, -0.15) is 0 Å². The number of halogens is 1. The third-order valence-electron chi connectivity index (χ3n) is 3.23. The van der Waals surface area contributed by atoms with E-state index in [9.17, 15) is 4.39 Å². The van der Waals surface area contributed by atoms with Gasteiger partial charge in [0.25, 0.3) is 0 Å². The zero-order valence-corrected chi connectivity index (χ0v) is 12.3. The van der Waals surface area contributed by atoms with E-state index in [4.69, 9.17) is 4.74 Å². The molecule has 0 radical (unpaired) electrons. The molecule has 3 heteroatoms. The normalized spacial score (nSPS) is 10.9. The van der Waals surface area contributed by atoms with Gasteiger partial charge in [-0.1, -0.05) is 29.8 Å². The predicted octanol–water partition coefficient (Wildman–Crippen LogP) is 5.41. The maximum absolute atomic E-state index is 14.3. The highest BCUT2D eigenvalue weighted by Gasteiger charge is 2.12. The van der Waals surface area contributed by atoms with E-state index in [0.717, 1.165) is 15.8 Å². The van der Waals surface area contributed by atoms with E-state index in [0.29, 0.717) is 17.1 Å². The molecule has 1 heterocycles. The van der Waals surface area contributed by atoms with E-state index in [-0.39, 0.29) is 5.82 Å². The average Bonchev–Trinajstić information content (AvgIpc) is 2.88. The van der Waals surface area contributed by atoms with E-state index in [1.165, 1.54) is 16.9 Å². The first-order valence-electron chi connectivity index (χ1n) is 6.61. The summed E-state index contributed by atoms with van der Waals surface area (Å²) in [6.07, 6.45) is 0. The Hall–Kier alpha value is -1.87. The summed E-state index contributed by atoms with van der Waals surface area (Å²) in [5, 5.41) is 0.923. The van der Waals surface area contributed by atoms with Crippen LogP contribution in [0.5, 0.6) is 5.75 Å². The zero-order valence-electron chi connectivity index (χ0n) is 11.4. The van der Waals surface area contributed by atoms with Crippen molar-refractivity contribution in [1.29, 1.82) is 0 Å². The molecule has 2 aromatic carbocycles. The van der Waals surface area contributed by atoms with Crippen LogP contribution < -0.4 is 4.74 Å². The summed E-state index contributed by atoms with van der Waals surface area (Å²) in [5.74, 6) is 0.0741. The lowest BCUT2D eigenvalue weighted by atomic mass is 10.1. The van der Waals surface area contributed by atoms with Crippen LogP contribution in [0.4, 0.5) is 4.39 Å². The third kappa shape index (κ3) is 2.29. The minimum atomic E-state index is -0.257. The van der Waals surface area contributed by atoms with Gasteiger partial charge >= 0.3 is 0 Å². The van der Waals surface area contributed by atoms with Gasteiger partial charge in [-0.05, 0) is 43.0 Å². The molecule has 0 N–H and O–H groups in total. The highest BCUT2D eigenvalue weighted by Crippen LogP contribution is 2.37. The summed E-state index contributed by atoms with van der Waals surface area (Å²) in [4.78, 5) is 1.08. The Kier molecular flexibility index (Phi) is 3.45. The van der Waals surface area contributed by atoms with E-state index < -0.39 is 0 Å². The van der Waals surface area contributed by atoms with Crippen LogP contribution in [-0.4, -0.2) is 6.61 Å². The molecule has 1 nitrogen and oxygen atoms in total. The fraction of sp³-hybridized carbons (Fsp3) is 0.176. The molecule has 3 rings (SSSR count). The van der Waals surface area contributed by atoms with Gasteiger partial charge in [0.05, 0.1) is 11.3 Å². The van der Waals surface area contributed by atoms with Gasteiger partial charge < -0.3 is 4.74 Å². The van der Waals surface area contributed by atoms with Crippen molar-refractivity contribution in [1.82, 2.24) is 0 Å². The molecule has 1 aromatic heterocycles. The molecule has 0 saturated carbocycles. The topological polar surface area (TPSA) is 9.23 Å². The molecule has 3 aromatic rings. The number of aryl methyl sites for hydroxylation is 1. The minimum Gasteiger partial charge on any atom is -0.491 e. The van der Waals surface area contributed by atoms with Crippen molar-refractivity contribution in [3.63, 3.8) is 0 Å². The highest BCUT2D eigenvalue weighted by atomic mass is 32.1. The van der Waals surface area contributed by atoms with Crippen LogP contribution in [0.2, 0.25) is 0 Å². The zero-order chi connectivity index (χ0) is 14.1. The molecule has 20 heavy (non-hydrogen) atoms. The highest BCUT2D eigenvalue weighted by molar-refractivity contribution is 7.22. The predicted molar refractivity (Wildman–Crippen MR) is 83.1 cm³/mol. The van der Waals surface area contributed by atoms with Crippen molar-refractivity contribution in [2.24, 2.45) is 0 Å². The SMILES string of the molecule is CCOc1ccc2cc(-c3ccc(C)cc3)sc2c1F. The number of hydrogen-bond acceptors (Lipinski definition) is 2. The van der Waals surface area contributed by atoms with Crippen LogP contribution in [0.1, 0.15) is 12.5 Å². The molecule has 0 aliphatic carbocycles. The molecule has 0 atom stereocenters. The largest absolute Gasteiger partial charge is 0.491 e. The van der Waals surface area contributed by atoms with Gasteiger partial charge in [-0.15, -0.1) is 11.3 Å². The second-order valence-electron chi connectivity index (χ2n) is 4.71. The van der Waals surface area contributed by atoms with Crippen molar-refractivity contribution in [3.8, 4) is 16.2 Å². The van der Waals surface area contributed by atoms with Crippen molar-refractivity contribution in [3.05, 3.63) is 53.8 Å². The van der Waals surface area contributed by atoms with E-state index in [1.54, 1.807) is 6.07 Å². The summed E-state index contributed by atoms with van der Waals surface area (Å²) < 4.78 is 20.3. The maximum atomic E-state index is 14.3. The molecule has 0 fully saturated rings. The van der Waals surface area contributed by atoms with Crippen molar-refractivity contribution >= 4 is 21.4 Å². The number of benzene rings is 2. The molecule has 0 aliphatic rings. The third-order valence-corrected chi connectivity index (χ3v) is 4.42. The average molecular weight is 286 g/mol. The van der Waals surface area contributed by atoms with Crippen molar-refractivity contribution < 1.29 is 9.13 Å². The number of fused-ring (bicyclic) bond motifs is 1. The van der Waals surface area contributed by atoms with Crippen LogP contribution in [0.3, 0.4) is 0 Å². The Morgan fingerprint density at radius 1 is 1.10 bits per heavy atom. The first-order valence-corrected chi connectivity index (χ1v) is 7.42. The van der Waals surface area contributed by atoms with Gasteiger partial charge in [0.15, 0.2) is 11.6 Å². The van der Waals surface area contributed by atoms with Crippen LogP contribution in [0.15, 0.2) is 42.5 Å². The van der Waals surface area contributed by atoms with E-state index in [2.05, 4.69) is 31.2 Å². The van der Waals surface area contributed by atoms with E-state index in [1.807, 2.05) is 19.1 Å². The van der Waals surface area contributed by atoms with Crippen LogP contribution in [0, 0.1) is 12.7 Å². The fourth-order valence-corrected chi connectivity index (χ4v) is 3.27. The second kappa shape index (κ2) is 5.25. The Morgan fingerprint density at radius 3 is 2.55 bits per heavy atom. The standard InChI is InChI=1S/C17H15FOS/c1-3-19-14-9-8-13-10-15(20-17(13)16(14)18)12-6-4-11(2)5-7-12/h4-10H,3H2,1-2H3. The number of rotatable bonds is 3. The molecule has 0 spiro atoms. The summed E-state index contributed by atoms with van der Waals surface area (Å²) in [6, 6.07) is 13.9. The first kappa shape index (κ1) is 13.1. The smallest absolute Gasteiger partial charge is 0.182 e. The Labute approximate surface area is 121 Å². The Balaban J connectivity index is 2.10. The van der Waals surface area contributed by atoms with Crippen molar-refractivity contribution in [2.45, 2.75) is 13.8 Å². The molecule has 0 amide bonds. The lowest BCUT2D eigenvalue weighted by Crippen LogP contribution is -1.93. The van der Waals surface area contributed by atoms with Gasteiger partial charge in [0, 0.05) is 4.88 Å². The lowest BCUT2D eigenvalue weighted by molar-refractivity contribution is 0.323. The molecule has 0 bridgehead atoms. The summed E-state index contributed by atoms with van der Waals surface area (Å²) in [6.45, 7) is 4.39. The molecule has 0 saturated heterocycles. The summed E-state index contributed by atoms with van der Waals surface area (Å²) >= 11 is 1.47. The molecule has 102 valence electrons. The first-order chi connectivity index (χ1) is 9.69. The quantitative estimate of drug-likeness (QED) is 0.625. The molecule has 0 aliphatic heterocycles. The summed E-state index contributed by atoms with van der Waals surface area (Å²) in [5.41, 5.74) is 2.34. The second-order valence-corrected chi connectivity index (χ2v) is 5.76. The lowest BCUT2D eigenvalue weighted by Gasteiger charge is -2.03. The van der Waals surface area contributed by atoms with Crippen LogP contribution >= 0.6 is 11.3 Å². The van der Waals surface area contributed by atoms with Crippen LogP contribution in [0.25, 0.3) is 20.5 Å². The van der Waals surface area contributed by atoms with Crippen LogP contribution in [-0.2, 0) is 0 Å². The van der Waals surface area contributed by atoms with Gasteiger partial charge in [-0.25, -0.2) is 4.39 Å². The number of ether oxygens (including phenoxy) is 1. The van der Waals surface area contributed by atoms with Gasteiger partial charge in [-0.3, -0.25) is 0 Å². The van der Waals surface area contributed by atoms with Gasteiger partial charge in [0.1, 0.15) is 0 Å².